The zero-order valence-electron chi connectivity index (χ0n) is 9.40. The van der Waals surface area contributed by atoms with E-state index < -0.39 is 0 Å². The van der Waals surface area contributed by atoms with E-state index in [1.807, 2.05) is 30.3 Å². The fourth-order valence-corrected chi connectivity index (χ4v) is 1.87. The molecule has 0 saturated heterocycles. The van der Waals surface area contributed by atoms with E-state index in [0.29, 0.717) is 0 Å². The van der Waals surface area contributed by atoms with Gasteiger partial charge >= 0.3 is 0 Å². The van der Waals surface area contributed by atoms with Crippen LogP contribution in [0.4, 0.5) is 11.4 Å². The van der Waals surface area contributed by atoms with Crippen LogP contribution in [0.1, 0.15) is 16.7 Å². The van der Waals surface area contributed by atoms with Crippen molar-refractivity contribution in [3.05, 3.63) is 59.2 Å². The van der Waals surface area contributed by atoms with Crippen LogP contribution < -0.4 is 11.5 Å². The van der Waals surface area contributed by atoms with Crippen molar-refractivity contribution < 1.29 is 0 Å². The van der Waals surface area contributed by atoms with Crippen LogP contribution in [0.25, 0.3) is 0 Å². The molecule has 2 aromatic rings. The summed E-state index contributed by atoms with van der Waals surface area (Å²) in [5, 5.41) is 0. The molecule has 16 heavy (non-hydrogen) atoms. The molecule has 0 atom stereocenters. The van der Waals surface area contributed by atoms with Gasteiger partial charge in [0.05, 0.1) is 0 Å². The van der Waals surface area contributed by atoms with Crippen molar-refractivity contribution >= 4 is 11.4 Å². The van der Waals surface area contributed by atoms with Crippen LogP contribution in [-0.2, 0) is 6.42 Å². The van der Waals surface area contributed by atoms with E-state index in [-0.39, 0.29) is 0 Å². The summed E-state index contributed by atoms with van der Waals surface area (Å²) in [6.07, 6.45) is 0.837. The summed E-state index contributed by atoms with van der Waals surface area (Å²) in [5.41, 5.74) is 17.0. The lowest BCUT2D eigenvalue weighted by molar-refractivity contribution is 1.16. The second kappa shape index (κ2) is 4.27. The number of aryl methyl sites for hydroxylation is 1. The molecule has 0 bridgehead atoms. The number of anilines is 2. The zero-order chi connectivity index (χ0) is 11.5. The molecule has 0 amide bonds. The van der Waals surface area contributed by atoms with Gasteiger partial charge in [0.25, 0.3) is 0 Å². The Hall–Kier alpha value is -1.96. The third-order valence-corrected chi connectivity index (χ3v) is 2.78. The summed E-state index contributed by atoms with van der Waals surface area (Å²) in [7, 11) is 0. The quantitative estimate of drug-likeness (QED) is 0.752. The minimum atomic E-state index is 0.796. The molecular formula is C14H16N2. The molecule has 0 saturated carbocycles. The van der Waals surface area contributed by atoms with Crippen molar-refractivity contribution in [1.29, 1.82) is 0 Å². The maximum absolute atomic E-state index is 5.98. The van der Waals surface area contributed by atoms with Gasteiger partial charge in [0.1, 0.15) is 0 Å². The fraction of sp³-hybridized carbons (Fsp3) is 0.143. The molecule has 0 aliphatic heterocycles. The third-order valence-electron chi connectivity index (χ3n) is 2.78. The number of nitrogens with two attached hydrogens (primary N) is 2. The molecule has 0 radical (unpaired) electrons. The Morgan fingerprint density at radius 1 is 1.00 bits per heavy atom. The second-order valence-corrected chi connectivity index (χ2v) is 4.06. The molecule has 82 valence electrons. The van der Waals surface area contributed by atoms with Gasteiger partial charge in [-0.05, 0) is 48.2 Å². The predicted molar refractivity (Wildman–Crippen MR) is 69.3 cm³/mol. The Labute approximate surface area is 95.9 Å². The minimum absolute atomic E-state index is 0.796. The second-order valence-electron chi connectivity index (χ2n) is 4.06. The lowest BCUT2D eigenvalue weighted by atomic mass is 9.99. The normalized spacial score (nSPS) is 10.3. The molecule has 2 rings (SSSR count). The molecule has 2 heteroatoms. The first kappa shape index (κ1) is 10.6. The van der Waals surface area contributed by atoms with Crippen molar-refractivity contribution in [2.24, 2.45) is 0 Å². The SMILES string of the molecule is Cc1cccc(N)c1Cc1cccc(N)c1. The van der Waals surface area contributed by atoms with Gasteiger partial charge in [-0.15, -0.1) is 0 Å². The highest BCUT2D eigenvalue weighted by Gasteiger charge is 2.04. The van der Waals surface area contributed by atoms with Crippen LogP contribution in [0.2, 0.25) is 0 Å². The van der Waals surface area contributed by atoms with Gasteiger partial charge in [-0.2, -0.15) is 0 Å². The molecule has 2 nitrogen and oxygen atoms in total. The number of hydrogen-bond acceptors (Lipinski definition) is 2. The lowest BCUT2D eigenvalue weighted by Crippen LogP contribution is -1.99. The van der Waals surface area contributed by atoms with Crippen molar-refractivity contribution in [3.63, 3.8) is 0 Å². The van der Waals surface area contributed by atoms with E-state index in [1.54, 1.807) is 0 Å². The van der Waals surface area contributed by atoms with Crippen molar-refractivity contribution in [2.75, 3.05) is 11.5 Å². The van der Waals surface area contributed by atoms with Crippen LogP contribution in [0, 0.1) is 6.92 Å². The van der Waals surface area contributed by atoms with Gasteiger partial charge in [0.2, 0.25) is 0 Å². The summed E-state index contributed by atoms with van der Waals surface area (Å²) in [5.74, 6) is 0. The molecule has 2 aromatic carbocycles. The van der Waals surface area contributed by atoms with E-state index in [0.717, 1.165) is 17.8 Å². The molecule has 0 unspecified atom stereocenters. The van der Waals surface area contributed by atoms with Gasteiger partial charge in [-0.25, -0.2) is 0 Å². The topological polar surface area (TPSA) is 52.0 Å². The smallest absolute Gasteiger partial charge is 0.0352 e. The summed E-state index contributed by atoms with van der Waals surface area (Å²) in [6.45, 7) is 2.08. The summed E-state index contributed by atoms with van der Waals surface area (Å²) < 4.78 is 0. The van der Waals surface area contributed by atoms with E-state index >= 15 is 0 Å². The minimum Gasteiger partial charge on any atom is -0.399 e. The van der Waals surface area contributed by atoms with Crippen molar-refractivity contribution in [3.8, 4) is 0 Å². The Balaban J connectivity index is 2.34. The van der Waals surface area contributed by atoms with E-state index in [9.17, 15) is 0 Å². The van der Waals surface area contributed by atoms with Crippen LogP contribution in [0.3, 0.4) is 0 Å². The van der Waals surface area contributed by atoms with E-state index in [1.165, 1.54) is 16.7 Å². The molecule has 0 aromatic heterocycles. The first-order chi connectivity index (χ1) is 7.66. The average Bonchev–Trinajstić information content (AvgIpc) is 2.24. The van der Waals surface area contributed by atoms with Gasteiger partial charge in [-0.1, -0.05) is 24.3 Å². The standard InChI is InChI=1S/C14H16N2/c1-10-4-2-7-14(16)13(10)9-11-5-3-6-12(15)8-11/h2-8H,9,15-16H2,1H3. The molecule has 0 aliphatic carbocycles. The van der Waals surface area contributed by atoms with Gasteiger partial charge in [0, 0.05) is 11.4 Å². The average molecular weight is 212 g/mol. The zero-order valence-corrected chi connectivity index (χ0v) is 9.40. The molecular weight excluding hydrogens is 196 g/mol. The molecule has 0 heterocycles. The largest absolute Gasteiger partial charge is 0.399 e. The van der Waals surface area contributed by atoms with Crippen LogP contribution in [0.15, 0.2) is 42.5 Å². The first-order valence-corrected chi connectivity index (χ1v) is 5.35. The number of hydrogen-bond donors (Lipinski definition) is 2. The fourth-order valence-electron chi connectivity index (χ4n) is 1.87. The third kappa shape index (κ3) is 2.16. The Bertz CT molecular complexity index is 484. The number of benzene rings is 2. The van der Waals surface area contributed by atoms with Crippen LogP contribution >= 0.6 is 0 Å². The highest BCUT2D eigenvalue weighted by molar-refractivity contribution is 5.53. The van der Waals surface area contributed by atoms with Gasteiger partial charge in [0.15, 0.2) is 0 Å². The highest BCUT2D eigenvalue weighted by Crippen LogP contribution is 2.21. The maximum Gasteiger partial charge on any atom is 0.0352 e. The highest BCUT2D eigenvalue weighted by atomic mass is 14.6. The van der Waals surface area contributed by atoms with Crippen LogP contribution in [-0.4, -0.2) is 0 Å². The monoisotopic (exact) mass is 212 g/mol. The molecule has 0 aliphatic rings. The summed E-state index contributed by atoms with van der Waals surface area (Å²) in [6, 6.07) is 13.9. The number of nitrogen functional groups attached to an aromatic ring is 2. The van der Waals surface area contributed by atoms with Gasteiger partial charge < -0.3 is 11.5 Å². The summed E-state index contributed by atoms with van der Waals surface area (Å²) >= 11 is 0. The Kier molecular flexibility index (Phi) is 2.82. The lowest BCUT2D eigenvalue weighted by Gasteiger charge is -2.09. The molecule has 0 spiro atoms. The van der Waals surface area contributed by atoms with Crippen molar-refractivity contribution in [1.82, 2.24) is 0 Å². The van der Waals surface area contributed by atoms with Gasteiger partial charge in [-0.3, -0.25) is 0 Å². The Morgan fingerprint density at radius 2 is 1.75 bits per heavy atom. The molecule has 4 N–H and O–H groups in total. The first-order valence-electron chi connectivity index (χ1n) is 5.35. The van der Waals surface area contributed by atoms with E-state index in [2.05, 4.69) is 19.1 Å². The molecule has 0 fully saturated rings. The maximum atomic E-state index is 5.98. The van der Waals surface area contributed by atoms with Crippen molar-refractivity contribution in [2.45, 2.75) is 13.3 Å². The van der Waals surface area contributed by atoms with Crippen LogP contribution in [0.5, 0.6) is 0 Å². The Morgan fingerprint density at radius 3 is 2.44 bits per heavy atom. The van der Waals surface area contributed by atoms with E-state index in [4.69, 9.17) is 11.5 Å². The number of rotatable bonds is 2. The predicted octanol–water partition coefficient (Wildman–Crippen LogP) is 2.75. The summed E-state index contributed by atoms with van der Waals surface area (Å²) in [4.78, 5) is 0.